The molecular formula is C77H124O6. The lowest BCUT2D eigenvalue weighted by Crippen LogP contribution is -2.30. The zero-order chi connectivity index (χ0) is 59.9. The Bertz CT molecular complexity index is 1840. The van der Waals surface area contributed by atoms with Gasteiger partial charge in [-0.1, -0.05) is 281 Å². The summed E-state index contributed by atoms with van der Waals surface area (Å²) in [5, 5.41) is 0. The van der Waals surface area contributed by atoms with Gasteiger partial charge < -0.3 is 14.2 Å². The highest BCUT2D eigenvalue weighted by molar-refractivity contribution is 5.71. The van der Waals surface area contributed by atoms with E-state index in [2.05, 4.69) is 179 Å². The Morgan fingerprint density at radius 2 is 0.470 bits per heavy atom. The molecule has 1 unspecified atom stereocenters. The van der Waals surface area contributed by atoms with E-state index in [4.69, 9.17) is 14.2 Å². The zero-order valence-corrected chi connectivity index (χ0v) is 53.7. The first-order valence-electron chi connectivity index (χ1n) is 34.0. The number of unbranched alkanes of at least 4 members (excludes halogenated alkanes) is 23. The molecule has 0 rings (SSSR count). The second kappa shape index (κ2) is 69.5. The Kier molecular flexibility index (Phi) is 65.4. The third-order valence-electron chi connectivity index (χ3n) is 14.0. The molecule has 0 bridgehead atoms. The first-order valence-corrected chi connectivity index (χ1v) is 34.0. The summed E-state index contributed by atoms with van der Waals surface area (Å²) in [4.78, 5) is 38.4. The molecule has 468 valence electrons. The Hall–Kier alpha value is -4.97. The summed E-state index contributed by atoms with van der Waals surface area (Å²) in [6.45, 7) is 6.38. The number of esters is 3. The van der Waals surface area contributed by atoms with Crippen LogP contribution in [0.4, 0.5) is 0 Å². The van der Waals surface area contributed by atoms with Gasteiger partial charge in [-0.2, -0.15) is 0 Å². The second-order valence-electron chi connectivity index (χ2n) is 22.0. The van der Waals surface area contributed by atoms with Crippen molar-refractivity contribution in [3.63, 3.8) is 0 Å². The van der Waals surface area contributed by atoms with E-state index >= 15 is 0 Å². The van der Waals surface area contributed by atoms with Crippen LogP contribution in [-0.2, 0) is 28.6 Å². The first-order chi connectivity index (χ1) is 41.0. The summed E-state index contributed by atoms with van der Waals surface area (Å²) in [6.07, 6.45) is 101. The molecule has 83 heavy (non-hydrogen) atoms. The molecule has 0 fully saturated rings. The zero-order valence-electron chi connectivity index (χ0n) is 53.7. The number of hydrogen-bond acceptors (Lipinski definition) is 6. The summed E-state index contributed by atoms with van der Waals surface area (Å²) in [5.74, 6) is -0.947. The van der Waals surface area contributed by atoms with E-state index in [-0.39, 0.29) is 31.1 Å². The largest absolute Gasteiger partial charge is 0.462 e. The van der Waals surface area contributed by atoms with Gasteiger partial charge in [-0.15, -0.1) is 0 Å². The van der Waals surface area contributed by atoms with Gasteiger partial charge >= 0.3 is 17.9 Å². The predicted molar refractivity (Wildman–Crippen MR) is 362 cm³/mol. The van der Waals surface area contributed by atoms with E-state index in [1.54, 1.807) is 0 Å². The minimum Gasteiger partial charge on any atom is -0.462 e. The van der Waals surface area contributed by atoms with E-state index < -0.39 is 6.10 Å². The lowest BCUT2D eigenvalue weighted by atomic mass is 10.1. The highest BCUT2D eigenvalue weighted by Crippen LogP contribution is 2.15. The minimum absolute atomic E-state index is 0.100. The van der Waals surface area contributed by atoms with Crippen LogP contribution in [-0.4, -0.2) is 37.2 Å². The smallest absolute Gasteiger partial charge is 0.306 e. The standard InChI is InChI=1S/C77H124O6/c1-4-7-10-13-16-19-22-25-28-31-32-33-34-35-36-37-38-39-40-41-42-43-44-47-49-52-55-58-61-64-67-70-76(79)82-73-74(83-77(80)71-68-65-62-59-56-53-50-46-30-27-24-21-18-15-12-9-6-3)72-81-75(78)69-66-63-60-57-54-51-48-45-29-26-23-20-17-14-11-8-5-2/h7,9-10,12,16,18-19,21,25-30,32-33,35-36,38-39,41-42,44,47,52,55,74H,4-6,8,11,13-15,17,20,22-24,31,34,37,40,43,45-46,48-51,53-54,56-73H2,1-3H3/b10-7-,12-9-,19-16-,21-18-,28-25-,29-26-,30-27-,33-32-,36-35-,39-38-,42-41-,47-44-,55-52-. The summed E-state index contributed by atoms with van der Waals surface area (Å²) in [5.41, 5.74) is 0. The van der Waals surface area contributed by atoms with Crippen LogP contribution in [0, 0.1) is 0 Å². The van der Waals surface area contributed by atoms with Crippen molar-refractivity contribution in [2.45, 2.75) is 297 Å². The van der Waals surface area contributed by atoms with Crippen LogP contribution in [0.1, 0.15) is 290 Å². The predicted octanol–water partition coefficient (Wildman–Crippen LogP) is 23.7. The van der Waals surface area contributed by atoms with Crippen LogP contribution in [0.3, 0.4) is 0 Å². The maximum atomic E-state index is 12.9. The van der Waals surface area contributed by atoms with Crippen LogP contribution in [0.5, 0.6) is 0 Å². The van der Waals surface area contributed by atoms with Gasteiger partial charge in [0.25, 0.3) is 0 Å². The third-order valence-corrected chi connectivity index (χ3v) is 14.0. The van der Waals surface area contributed by atoms with Crippen molar-refractivity contribution in [3.05, 3.63) is 158 Å². The van der Waals surface area contributed by atoms with Gasteiger partial charge in [0, 0.05) is 19.3 Å². The van der Waals surface area contributed by atoms with Crippen molar-refractivity contribution in [1.29, 1.82) is 0 Å². The highest BCUT2D eigenvalue weighted by Gasteiger charge is 2.19. The van der Waals surface area contributed by atoms with Gasteiger partial charge in [0.05, 0.1) is 0 Å². The molecule has 0 aromatic heterocycles. The number of carbonyl (C=O) groups is 3. The van der Waals surface area contributed by atoms with E-state index in [0.717, 1.165) is 148 Å². The number of ether oxygens (including phenoxy) is 3. The molecule has 1 atom stereocenters. The molecule has 0 aromatic carbocycles. The lowest BCUT2D eigenvalue weighted by Gasteiger charge is -2.18. The van der Waals surface area contributed by atoms with Crippen molar-refractivity contribution in [3.8, 4) is 0 Å². The summed E-state index contributed by atoms with van der Waals surface area (Å²) in [7, 11) is 0. The molecule has 0 radical (unpaired) electrons. The molecule has 6 nitrogen and oxygen atoms in total. The van der Waals surface area contributed by atoms with Gasteiger partial charge in [0.2, 0.25) is 0 Å². The first kappa shape index (κ1) is 78.0. The molecule has 0 amide bonds. The lowest BCUT2D eigenvalue weighted by molar-refractivity contribution is -0.167. The van der Waals surface area contributed by atoms with Crippen molar-refractivity contribution in [2.24, 2.45) is 0 Å². The van der Waals surface area contributed by atoms with Gasteiger partial charge in [0.15, 0.2) is 6.10 Å². The highest BCUT2D eigenvalue weighted by atomic mass is 16.6. The molecule has 0 aromatic rings. The Morgan fingerprint density at radius 3 is 0.759 bits per heavy atom. The average molecular weight is 1150 g/mol. The maximum absolute atomic E-state index is 12.9. The van der Waals surface area contributed by atoms with E-state index in [9.17, 15) is 14.4 Å². The number of hydrogen-bond donors (Lipinski definition) is 0. The average Bonchev–Trinajstić information content (AvgIpc) is 3.49. The number of carbonyl (C=O) groups excluding carboxylic acids is 3. The van der Waals surface area contributed by atoms with E-state index in [1.165, 1.54) is 103 Å². The summed E-state index contributed by atoms with van der Waals surface area (Å²) in [6, 6.07) is 0. The van der Waals surface area contributed by atoms with Crippen molar-refractivity contribution >= 4 is 17.9 Å². The fraction of sp³-hybridized carbons (Fsp3) is 0.623. The number of rotatable bonds is 60. The maximum Gasteiger partial charge on any atom is 0.306 e. The van der Waals surface area contributed by atoms with Crippen molar-refractivity contribution in [1.82, 2.24) is 0 Å². The Labute approximate surface area is 511 Å². The minimum atomic E-state index is -0.808. The van der Waals surface area contributed by atoms with Crippen LogP contribution >= 0.6 is 0 Å². The molecule has 0 aliphatic heterocycles. The molecule has 0 aliphatic carbocycles. The molecule has 6 heteroatoms. The van der Waals surface area contributed by atoms with Crippen molar-refractivity contribution in [2.75, 3.05) is 13.2 Å². The second-order valence-corrected chi connectivity index (χ2v) is 22.0. The van der Waals surface area contributed by atoms with Gasteiger partial charge in [0.1, 0.15) is 13.2 Å². The van der Waals surface area contributed by atoms with E-state index in [1.807, 2.05) is 0 Å². The van der Waals surface area contributed by atoms with Crippen LogP contribution in [0.25, 0.3) is 0 Å². The molecule has 0 spiro atoms. The SMILES string of the molecule is CC/C=C\C/C=C\C/C=C\C/C=C\C/C=C\C/C=C\C/C=C\C/C=C\C/C=C\CCCCCC(=O)OCC(COC(=O)CCCCCCCCC/C=C\CCCCCCCC)OC(=O)CCCCCCCCC/C=C\C/C=C\C/C=C\CC. The Balaban J connectivity index is 4.44. The normalized spacial score (nSPS) is 13.1. The van der Waals surface area contributed by atoms with Crippen LogP contribution in [0.2, 0.25) is 0 Å². The number of allylic oxidation sites excluding steroid dienone is 26. The Morgan fingerprint density at radius 1 is 0.253 bits per heavy atom. The molecular weight excluding hydrogens is 1020 g/mol. The van der Waals surface area contributed by atoms with E-state index in [0.29, 0.717) is 19.3 Å². The fourth-order valence-corrected chi connectivity index (χ4v) is 8.97. The van der Waals surface area contributed by atoms with Crippen molar-refractivity contribution < 1.29 is 28.6 Å². The van der Waals surface area contributed by atoms with Crippen LogP contribution < -0.4 is 0 Å². The summed E-state index contributed by atoms with van der Waals surface area (Å²) >= 11 is 0. The van der Waals surface area contributed by atoms with Gasteiger partial charge in [-0.3, -0.25) is 14.4 Å². The molecule has 0 N–H and O–H groups in total. The summed E-state index contributed by atoms with van der Waals surface area (Å²) < 4.78 is 16.9. The van der Waals surface area contributed by atoms with Gasteiger partial charge in [-0.25, -0.2) is 0 Å². The van der Waals surface area contributed by atoms with Crippen LogP contribution in [0.15, 0.2) is 158 Å². The molecule has 0 heterocycles. The van der Waals surface area contributed by atoms with Gasteiger partial charge in [-0.05, 0) is 148 Å². The topological polar surface area (TPSA) is 78.9 Å². The molecule has 0 saturated carbocycles. The third kappa shape index (κ3) is 67.7. The molecule has 0 aliphatic rings. The fourth-order valence-electron chi connectivity index (χ4n) is 8.97. The monoisotopic (exact) mass is 1140 g/mol. The quantitative estimate of drug-likeness (QED) is 0.0261. The molecule has 0 saturated heterocycles.